The fraction of sp³-hybridized carbons (Fsp3) is 0.750. The van der Waals surface area contributed by atoms with Gasteiger partial charge in [-0.05, 0) is 13.3 Å². The number of aliphatic hydroxyl groups is 4. The monoisotopic (exact) mass is 264 g/mol. The molecule has 0 unspecified atom stereocenters. The van der Waals surface area contributed by atoms with E-state index in [1.807, 2.05) is 6.92 Å². The fourth-order valence-electron chi connectivity index (χ4n) is 0.618. The lowest BCUT2D eigenvalue weighted by atomic mass is 9.93. The van der Waals surface area contributed by atoms with Gasteiger partial charge in [-0.25, -0.2) is 4.79 Å². The third-order valence-corrected chi connectivity index (χ3v) is 2.13. The number of ether oxygens (including phenoxy) is 1. The van der Waals surface area contributed by atoms with Crippen molar-refractivity contribution in [1.29, 1.82) is 0 Å². The molecule has 0 saturated heterocycles. The topological polar surface area (TPSA) is 107 Å². The van der Waals surface area contributed by atoms with Gasteiger partial charge in [0.1, 0.15) is 0 Å². The van der Waals surface area contributed by atoms with Gasteiger partial charge < -0.3 is 25.2 Å². The number of esters is 1. The number of hydrogen-bond donors (Lipinski definition) is 4. The van der Waals surface area contributed by atoms with Crippen molar-refractivity contribution < 1.29 is 30.0 Å². The highest BCUT2D eigenvalue weighted by molar-refractivity contribution is 5.86. The van der Waals surface area contributed by atoms with Crippen LogP contribution in [0.5, 0.6) is 0 Å². The fourth-order valence-corrected chi connectivity index (χ4v) is 0.618. The summed E-state index contributed by atoms with van der Waals surface area (Å²) >= 11 is 0. The van der Waals surface area contributed by atoms with E-state index in [2.05, 4.69) is 6.58 Å². The summed E-state index contributed by atoms with van der Waals surface area (Å²) in [6, 6.07) is 0. The van der Waals surface area contributed by atoms with Gasteiger partial charge in [-0.2, -0.15) is 0 Å². The van der Waals surface area contributed by atoms with Crippen molar-refractivity contribution in [3.63, 3.8) is 0 Å². The van der Waals surface area contributed by atoms with Crippen LogP contribution in [0.3, 0.4) is 0 Å². The summed E-state index contributed by atoms with van der Waals surface area (Å²) in [5, 5.41) is 34.0. The van der Waals surface area contributed by atoms with E-state index >= 15 is 0 Å². The number of rotatable bonds is 7. The van der Waals surface area contributed by atoms with Crippen LogP contribution in [0.25, 0.3) is 0 Å². The molecule has 0 atom stereocenters. The maximum atomic E-state index is 10.6. The minimum Gasteiger partial charge on any atom is -0.462 e. The lowest BCUT2D eigenvalue weighted by molar-refractivity contribution is -0.138. The van der Waals surface area contributed by atoms with Gasteiger partial charge in [0.15, 0.2) is 0 Å². The second-order valence-electron chi connectivity index (χ2n) is 4.05. The normalized spacial score (nSPS) is 10.3. The van der Waals surface area contributed by atoms with Crippen molar-refractivity contribution in [1.82, 2.24) is 0 Å². The molecule has 0 heterocycles. The molecule has 4 N–H and O–H groups in total. The van der Waals surface area contributed by atoms with Crippen LogP contribution in [0.4, 0.5) is 0 Å². The van der Waals surface area contributed by atoms with E-state index in [1.165, 1.54) is 0 Å². The van der Waals surface area contributed by atoms with Crippen molar-refractivity contribution in [2.24, 2.45) is 5.41 Å². The highest BCUT2D eigenvalue weighted by Gasteiger charge is 2.26. The van der Waals surface area contributed by atoms with Gasteiger partial charge >= 0.3 is 5.97 Å². The number of aliphatic hydroxyl groups excluding tert-OH is 4. The Morgan fingerprint density at radius 1 is 1.11 bits per heavy atom. The first-order valence-electron chi connectivity index (χ1n) is 5.69. The Bertz CT molecular complexity index is 217. The molecule has 0 aliphatic rings. The van der Waals surface area contributed by atoms with Gasteiger partial charge in [-0.15, -0.1) is 0 Å². The van der Waals surface area contributed by atoms with Crippen LogP contribution in [-0.4, -0.2) is 59.4 Å². The molecule has 6 nitrogen and oxygen atoms in total. The van der Waals surface area contributed by atoms with Gasteiger partial charge in [0, 0.05) is 5.57 Å². The van der Waals surface area contributed by atoms with Gasteiger partial charge in [0.25, 0.3) is 0 Å². The van der Waals surface area contributed by atoms with Crippen LogP contribution in [0, 0.1) is 5.41 Å². The summed E-state index contributed by atoms with van der Waals surface area (Å²) in [4.78, 5) is 10.6. The highest BCUT2D eigenvalue weighted by atomic mass is 16.5. The molecule has 18 heavy (non-hydrogen) atoms. The molecular weight excluding hydrogens is 240 g/mol. The highest BCUT2D eigenvalue weighted by Crippen LogP contribution is 2.11. The Labute approximate surface area is 108 Å². The van der Waals surface area contributed by atoms with Crippen molar-refractivity contribution >= 4 is 5.97 Å². The van der Waals surface area contributed by atoms with Gasteiger partial charge in [0.05, 0.1) is 38.4 Å². The predicted octanol–water partition coefficient (Wildman–Crippen LogP) is -0.542. The Morgan fingerprint density at radius 2 is 1.50 bits per heavy atom. The van der Waals surface area contributed by atoms with Crippen LogP contribution in [0.1, 0.15) is 20.3 Å². The third-order valence-electron chi connectivity index (χ3n) is 2.13. The Morgan fingerprint density at radius 3 is 1.67 bits per heavy atom. The molecule has 6 heteroatoms. The summed E-state index contributed by atoms with van der Waals surface area (Å²) < 4.78 is 4.71. The van der Waals surface area contributed by atoms with Crippen molar-refractivity contribution in [3.05, 3.63) is 12.2 Å². The molecule has 0 aliphatic carbocycles. The maximum absolute atomic E-state index is 10.6. The predicted molar refractivity (Wildman–Crippen MR) is 66.8 cm³/mol. The summed E-state index contributed by atoms with van der Waals surface area (Å²) in [6.07, 6.45) is 0.860. The molecule has 0 fully saturated rings. The van der Waals surface area contributed by atoms with E-state index in [0.29, 0.717) is 12.2 Å². The van der Waals surface area contributed by atoms with Crippen LogP contribution in [0.15, 0.2) is 12.2 Å². The quantitative estimate of drug-likeness (QED) is 0.363. The smallest absolute Gasteiger partial charge is 0.333 e. The van der Waals surface area contributed by atoms with Crippen molar-refractivity contribution in [2.75, 3.05) is 33.0 Å². The standard InChI is InChI=1S/C7H12O2.C5H12O4/c1-4-5-9-7(8)6(2)3;6-1-5(2-7,3-8)4-9/h2,4-5H2,1,3H3;6-9H,1-4H2. The zero-order chi connectivity index (χ0) is 14.6. The van der Waals surface area contributed by atoms with Crippen LogP contribution >= 0.6 is 0 Å². The van der Waals surface area contributed by atoms with Crippen molar-refractivity contribution in [3.8, 4) is 0 Å². The lowest BCUT2D eigenvalue weighted by Gasteiger charge is -2.23. The van der Waals surface area contributed by atoms with Crippen molar-refractivity contribution in [2.45, 2.75) is 20.3 Å². The third kappa shape index (κ3) is 8.19. The summed E-state index contributed by atoms with van der Waals surface area (Å²) in [5.41, 5.74) is -0.650. The van der Waals surface area contributed by atoms with Gasteiger partial charge in [-0.3, -0.25) is 0 Å². The number of carbonyl (C=O) groups is 1. The van der Waals surface area contributed by atoms with E-state index in [1.54, 1.807) is 6.92 Å². The molecule has 0 aromatic rings. The zero-order valence-corrected chi connectivity index (χ0v) is 11.1. The van der Waals surface area contributed by atoms with E-state index in [-0.39, 0.29) is 5.97 Å². The summed E-state index contributed by atoms with van der Waals surface area (Å²) in [7, 11) is 0. The average Bonchev–Trinajstić information content (AvgIpc) is 2.40. The molecule has 0 radical (unpaired) electrons. The molecule has 0 aliphatic heterocycles. The molecule has 0 rings (SSSR count). The molecule has 0 saturated carbocycles. The SMILES string of the molecule is C=C(C)C(=O)OCCC.OCC(CO)(CO)CO. The summed E-state index contributed by atoms with van der Waals surface area (Å²) in [5.74, 6) is -0.295. The second kappa shape index (κ2) is 11.2. The van der Waals surface area contributed by atoms with Gasteiger partial charge in [-0.1, -0.05) is 13.5 Å². The van der Waals surface area contributed by atoms with E-state index < -0.39 is 31.8 Å². The minimum absolute atomic E-state index is 0.295. The number of carbonyl (C=O) groups excluding carboxylic acids is 1. The molecule has 0 aromatic heterocycles. The van der Waals surface area contributed by atoms with E-state index in [0.717, 1.165) is 6.42 Å². The molecule has 108 valence electrons. The Kier molecular flexibility index (Phi) is 12.0. The maximum Gasteiger partial charge on any atom is 0.333 e. The van der Waals surface area contributed by atoms with Crippen LogP contribution in [-0.2, 0) is 9.53 Å². The molecule has 0 spiro atoms. The molecule has 0 amide bonds. The Hall–Kier alpha value is -0.950. The molecular formula is C12H24O6. The lowest BCUT2D eigenvalue weighted by Crippen LogP contribution is -2.37. The summed E-state index contributed by atoms with van der Waals surface area (Å²) in [6.45, 7) is 5.89. The first kappa shape index (κ1) is 19.4. The number of hydrogen-bond acceptors (Lipinski definition) is 6. The second-order valence-corrected chi connectivity index (χ2v) is 4.05. The first-order valence-corrected chi connectivity index (χ1v) is 5.69. The van der Waals surface area contributed by atoms with Gasteiger partial charge in [0.2, 0.25) is 0 Å². The Balaban J connectivity index is 0. The first-order chi connectivity index (χ1) is 8.42. The zero-order valence-electron chi connectivity index (χ0n) is 11.1. The van der Waals surface area contributed by atoms with E-state index in [9.17, 15) is 4.79 Å². The van der Waals surface area contributed by atoms with E-state index in [4.69, 9.17) is 25.2 Å². The molecule has 0 aromatic carbocycles. The van der Waals surface area contributed by atoms with Crippen LogP contribution < -0.4 is 0 Å². The average molecular weight is 264 g/mol. The minimum atomic E-state index is -1.11. The largest absolute Gasteiger partial charge is 0.462 e. The molecule has 0 bridgehead atoms. The van der Waals surface area contributed by atoms with Crippen LogP contribution in [0.2, 0.25) is 0 Å².